The maximum atomic E-state index is 5.73. The Morgan fingerprint density at radius 2 is 2.16 bits per heavy atom. The Morgan fingerprint density at radius 3 is 2.88 bits per heavy atom. The number of halogens is 1. The van der Waals surface area contributed by atoms with Crippen molar-refractivity contribution in [3.05, 3.63) is 29.8 Å². The van der Waals surface area contributed by atoms with Gasteiger partial charge in [0.05, 0.1) is 12.6 Å². The molecule has 2 N–H and O–H groups in total. The van der Waals surface area contributed by atoms with Gasteiger partial charge in [-0.1, -0.05) is 18.2 Å². The van der Waals surface area contributed by atoms with E-state index in [2.05, 4.69) is 34.7 Å². The predicted octanol–water partition coefficient (Wildman–Crippen LogP) is 3.50. The summed E-state index contributed by atoms with van der Waals surface area (Å²) in [6.07, 6.45) is 4.65. The number of fused-ring (bicyclic) bond motifs is 1. The lowest BCUT2D eigenvalue weighted by Crippen LogP contribution is -2.43. The number of ether oxygens (including phenoxy) is 2. The van der Waals surface area contributed by atoms with Crippen molar-refractivity contribution in [2.24, 2.45) is 10.4 Å². The van der Waals surface area contributed by atoms with E-state index in [-0.39, 0.29) is 30.0 Å². The minimum atomic E-state index is 0. The van der Waals surface area contributed by atoms with Crippen LogP contribution in [0.15, 0.2) is 29.3 Å². The van der Waals surface area contributed by atoms with E-state index in [0.717, 1.165) is 50.9 Å². The molecule has 5 nitrogen and oxygen atoms in total. The molecule has 2 aliphatic rings. The molecule has 6 heteroatoms. The van der Waals surface area contributed by atoms with Crippen molar-refractivity contribution in [3.8, 4) is 5.75 Å². The van der Waals surface area contributed by atoms with Crippen molar-refractivity contribution >= 4 is 29.9 Å². The van der Waals surface area contributed by atoms with Crippen LogP contribution in [0.4, 0.5) is 0 Å². The topological polar surface area (TPSA) is 54.9 Å². The normalized spacial score (nSPS) is 20.7. The average molecular weight is 459 g/mol. The molecule has 0 radical (unpaired) electrons. The highest BCUT2D eigenvalue weighted by atomic mass is 127. The van der Waals surface area contributed by atoms with Gasteiger partial charge in [-0.2, -0.15) is 0 Å². The predicted molar refractivity (Wildman–Crippen MR) is 112 cm³/mol. The molecule has 0 amide bonds. The van der Waals surface area contributed by atoms with E-state index >= 15 is 0 Å². The number of hydrogen-bond acceptors (Lipinski definition) is 3. The Labute approximate surface area is 168 Å². The van der Waals surface area contributed by atoms with E-state index in [4.69, 9.17) is 9.47 Å². The lowest BCUT2D eigenvalue weighted by Gasteiger charge is -2.28. The second kappa shape index (κ2) is 9.62. The number of guanidine groups is 1. The summed E-state index contributed by atoms with van der Waals surface area (Å²) in [6.45, 7) is 5.41. The smallest absolute Gasteiger partial charge is 0.191 e. The van der Waals surface area contributed by atoms with E-state index in [9.17, 15) is 0 Å². The van der Waals surface area contributed by atoms with Crippen molar-refractivity contribution in [2.75, 3.05) is 33.4 Å². The highest BCUT2D eigenvalue weighted by molar-refractivity contribution is 14.0. The number of rotatable bonds is 7. The molecule has 0 bridgehead atoms. The monoisotopic (exact) mass is 459 g/mol. The van der Waals surface area contributed by atoms with Crippen LogP contribution in [0.2, 0.25) is 0 Å². The van der Waals surface area contributed by atoms with Crippen LogP contribution in [0.25, 0.3) is 0 Å². The zero-order valence-corrected chi connectivity index (χ0v) is 17.5. The summed E-state index contributed by atoms with van der Waals surface area (Å²) in [5, 5.41) is 7.08. The first-order valence-corrected chi connectivity index (χ1v) is 9.03. The third kappa shape index (κ3) is 5.48. The van der Waals surface area contributed by atoms with E-state index in [1.165, 1.54) is 18.4 Å². The molecular formula is C19H30IN3O2. The molecule has 0 aromatic heterocycles. The Morgan fingerprint density at radius 1 is 1.36 bits per heavy atom. The van der Waals surface area contributed by atoms with Gasteiger partial charge < -0.3 is 20.1 Å². The fraction of sp³-hybridized carbons (Fsp3) is 0.632. The van der Waals surface area contributed by atoms with E-state index in [1.54, 1.807) is 0 Å². The van der Waals surface area contributed by atoms with Crippen molar-refractivity contribution in [1.29, 1.82) is 0 Å². The Kier molecular flexibility index (Phi) is 7.81. The van der Waals surface area contributed by atoms with Crippen LogP contribution in [-0.2, 0) is 4.74 Å². The van der Waals surface area contributed by atoms with Gasteiger partial charge in [-0.05, 0) is 37.7 Å². The Hall–Kier alpha value is -1.02. The molecule has 1 heterocycles. The first-order valence-electron chi connectivity index (χ1n) is 9.03. The molecule has 0 spiro atoms. The molecule has 1 atom stereocenters. The summed E-state index contributed by atoms with van der Waals surface area (Å²) < 4.78 is 11.2. The van der Waals surface area contributed by atoms with Crippen LogP contribution in [0, 0.1) is 5.41 Å². The molecule has 1 aliphatic carbocycles. The molecule has 1 saturated carbocycles. The van der Waals surface area contributed by atoms with Gasteiger partial charge >= 0.3 is 0 Å². The fourth-order valence-electron chi connectivity index (χ4n) is 3.25. The third-order valence-electron chi connectivity index (χ3n) is 5.06. The van der Waals surface area contributed by atoms with Crippen LogP contribution < -0.4 is 15.4 Å². The summed E-state index contributed by atoms with van der Waals surface area (Å²) in [6, 6.07) is 8.49. The van der Waals surface area contributed by atoms with Gasteiger partial charge in [0.25, 0.3) is 0 Å². The Balaban J connectivity index is 0.00000225. The summed E-state index contributed by atoms with van der Waals surface area (Å²) in [4.78, 5) is 4.40. The fourth-order valence-corrected chi connectivity index (χ4v) is 3.25. The third-order valence-corrected chi connectivity index (χ3v) is 5.06. The number of nitrogens with zero attached hydrogens (tertiary/aromatic N) is 1. The maximum Gasteiger partial charge on any atom is 0.191 e. The second-order valence-electron chi connectivity index (χ2n) is 6.74. The molecule has 3 rings (SSSR count). The second-order valence-corrected chi connectivity index (χ2v) is 6.74. The van der Waals surface area contributed by atoms with Crippen molar-refractivity contribution < 1.29 is 9.47 Å². The average Bonchev–Trinajstić information content (AvgIpc) is 3.39. The lowest BCUT2D eigenvalue weighted by atomic mass is 10.0. The molecule has 140 valence electrons. The summed E-state index contributed by atoms with van der Waals surface area (Å²) in [5.41, 5.74) is 1.62. The lowest BCUT2D eigenvalue weighted by molar-refractivity contribution is 0.128. The number of aliphatic imine (C=N–C) groups is 1. The number of hydrogen-bond donors (Lipinski definition) is 2. The van der Waals surface area contributed by atoms with Gasteiger partial charge in [0.15, 0.2) is 5.96 Å². The molecule has 1 aliphatic heterocycles. The van der Waals surface area contributed by atoms with Crippen LogP contribution in [-0.4, -0.2) is 39.4 Å². The summed E-state index contributed by atoms with van der Waals surface area (Å²) >= 11 is 0. The van der Waals surface area contributed by atoms with Crippen LogP contribution in [0.1, 0.15) is 44.2 Å². The minimum absolute atomic E-state index is 0. The van der Waals surface area contributed by atoms with Crippen molar-refractivity contribution in [1.82, 2.24) is 10.6 Å². The van der Waals surface area contributed by atoms with Crippen molar-refractivity contribution in [3.63, 3.8) is 0 Å². The van der Waals surface area contributed by atoms with Crippen LogP contribution in [0.3, 0.4) is 0 Å². The first kappa shape index (κ1) is 20.3. The largest absolute Gasteiger partial charge is 0.493 e. The van der Waals surface area contributed by atoms with Gasteiger partial charge in [-0.15, -0.1) is 24.0 Å². The SMILES string of the molecule is CCOCCC1(CNC(=NC)NC2CCOc3ccccc32)CC1.I. The standard InChI is InChI=1S/C19H29N3O2.HI/c1-3-23-13-11-19(9-10-19)14-21-18(20-2)22-16-8-12-24-17-7-5-4-6-15(16)17;/h4-7,16H,3,8-14H2,1-2H3,(H2,20,21,22);1H. The molecule has 1 aromatic rings. The zero-order chi connectivity index (χ0) is 16.8. The number of benzene rings is 1. The summed E-state index contributed by atoms with van der Waals surface area (Å²) in [7, 11) is 1.83. The molecule has 25 heavy (non-hydrogen) atoms. The van der Waals surface area contributed by atoms with Gasteiger partial charge in [0.2, 0.25) is 0 Å². The zero-order valence-electron chi connectivity index (χ0n) is 15.2. The van der Waals surface area contributed by atoms with Gasteiger partial charge in [0.1, 0.15) is 5.75 Å². The molecular weight excluding hydrogens is 429 g/mol. The maximum absolute atomic E-state index is 5.73. The van der Waals surface area contributed by atoms with Gasteiger partial charge in [0, 0.05) is 38.8 Å². The van der Waals surface area contributed by atoms with Crippen LogP contribution >= 0.6 is 24.0 Å². The summed E-state index contributed by atoms with van der Waals surface area (Å²) in [5.74, 6) is 1.85. The highest BCUT2D eigenvalue weighted by Gasteiger charge is 2.42. The van der Waals surface area contributed by atoms with E-state index in [0.29, 0.717) is 5.41 Å². The van der Waals surface area contributed by atoms with E-state index in [1.807, 2.05) is 19.2 Å². The molecule has 1 aromatic carbocycles. The number of para-hydroxylation sites is 1. The van der Waals surface area contributed by atoms with Gasteiger partial charge in [-0.3, -0.25) is 4.99 Å². The molecule has 1 fully saturated rings. The molecule has 1 unspecified atom stereocenters. The van der Waals surface area contributed by atoms with Gasteiger partial charge in [-0.25, -0.2) is 0 Å². The minimum Gasteiger partial charge on any atom is -0.493 e. The first-order chi connectivity index (χ1) is 11.8. The van der Waals surface area contributed by atoms with Crippen LogP contribution in [0.5, 0.6) is 5.75 Å². The van der Waals surface area contributed by atoms with E-state index < -0.39 is 0 Å². The Bertz CT molecular complexity index is 576. The highest BCUT2D eigenvalue weighted by Crippen LogP contribution is 2.48. The molecule has 0 saturated heterocycles. The quantitative estimate of drug-likeness (QED) is 0.284. The van der Waals surface area contributed by atoms with Crippen molar-refractivity contribution in [2.45, 2.75) is 38.6 Å². The number of nitrogens with one attached hydrogen (secondary N) is 2.